The minimum Gasteiger partial charge on any atom is -0.326 e. The molecule has 144 valence electrons. The van der Waals surface area contributed by atoms with Crippen molar-refractivity contribution in [2.24, 2.45) is 5.92 Å². The molecule has 7 nitrogen and oxygen atoms in total. The van der Waals surface area contributed by atoms with Crippen molar-refractivity contribution in [3.63, 3.8) is 0 Å². The van der Waals surface area contributed by atoms with E-state index in [2.05, 4.69) is 36.9 Å². The number of hydrogen-bond acceptors (Lipinski definition) is 4. The Morgan fingerprint density at radius 1 is 1.04 bits per heavy atom. The molecule has 0 aliphatic rings. The molecule has 0 spiro atoms. The maximum Gasteiger partial charge on any atom is 0.278 e. The predicted octanol–water partition coefficient (Wildman–Crippen LogP) is 4.19. The van der Waals surface area contributed by atoms with E-state index in [1.807, 2.05) is 38.1 Å². The fourth-order valence-electron chi connectivity index (χ4n) is 2.51. The van der Waals surface area contributed by atoms with Crippen LogP contribution in [0.5, 0.6) is 0 Å². The summed E-state index contributed by atoms with van der Waals surface area (Å²) in [6.45, 7) is 5.45. The zero-order valence-corrected chi connectivity index (χ0v) is 17.3. The number of aromatic nitrogens is 3. The maximum absolute atomic E-state index is 12.6. The van der Waals surface area contributed by atoms with Crippen molar-refractivity contribution in [2.45, 2.75) is 20.8 Å². The molecule has 2 aromatic carbocycles. The van der Waals surface area contributed by atoms with Gasteiger partial charge in [-0.05, 0) is 49.4 Å². The van der Waals surface area contributed by atoms with Crippen molar-refractivity contribution in [2.75, 3.05) is 10.6 Å². The summed E-state index contributed by atoms with van der Waals surface area (Å²) in [5.41, 5.74) is 2.97. The largest absolute Gasteiger partial charge is 0.326 e. The number of nitrogens with one attached hydrogen (secondary N) is 2. The zero-order valence-electron chi connectivity index (χ0n) is 15.7. The standard InChI is InChI=1S/C20H20BrN5O2/c1-12(2)19(27)22-15-7-9-16(10-8-15)23-20(28)18-13(3)26(25-24-18)17-6-4-5-14(21)11-17/h4-12H,1-3H3,(H,22,27)(H,23,28). The number of rotatable bonds is 5. The molecule has 2 N–H and O–H groups in total. The lowest BCUT2D eigenvalue weighted by molar-refractivity contribution is -0.118. The molecule has 0 saturated heterocycles. The molecule has 1 aromatic heterocycles. The molecule has 3 aromatic rings. The van der Waals surface area contributed by atoms with Gasteiger partial charge in [0, 0.05) is 21.8 Å². The van der Waals surface area contributed by atoms with Crippen molar-refractivity contribution >= 4 is 39.1 Å². The first-order chi connectivity index (χ1) is 13.3. The number of anilines is 2. The first-order valence-electron chi connectivity index (χ1n) is 8.75. The Labute approximate surface area is 171 Å². The van der Waals surface area contributed by atoms with Gasteiger partial charge in [-0.25, -0.2) is 4.68 Å². The van der Waals surface area contributed by atoms with Gasteiger partial charge in [-0.3, -0.25) is 9.59 Å². The summed E-state index contributed by atoms with van der Waals surface area (Å²) in [5.74, 6) is -0.510. The summed E-state index contributed by atoms with van der Waals surface area (Å²) in [5, 5.41) is 13.7. The third-order valence-electron chi connectivity index (χ3n) is 4.10. The van der Waals surface area contributed by atoms with E-state index in [-0.39, 0.29) is 23.4 Å². The molecule has 0 aliphatic heterocycles. The van der Waals surface area contributed by atoms with Crippen LogP contribution in [0.15, 0.2) is 53.0 Å². The number of carbonyl (C=O) groups excluding carboxylic acids is 2. The Hall–Kier alpha value is -3.00. The molecule has 0 unspecified atom stereocenters. The van der Waals surface area contributed by atoms with Gasteiger partial charge in [0.2, 0.25) is 5.91 Å². The van der Waals surface area contributed by atoms with Crippen LogP contribution < -0.4 is 10.6 Å². The molecule has 0 atom stereocenters. The van der Waals surface area contributed by atoms with E-state index in [4.69, 9.17) is 0 Å². The molecule has 28 heavy (non-hydrogen) atoms. The van der Waals surface area contributed by atoms with Crippen LogP contribution in [0.3, 0.4) is 0 Å². The number of carbonyl (C=O) groups is 2. The molecule has 0 fully saturated rings. The Kier molecular flexibility index (Phi) is 5.89. The van der Waals surface area contributed by atoms with Gasteiger partial charge in [0.05, 0.1) is 11.4 Å². The molecule has 0 saturated carbocycles. The summed E-state index contributed by atoms with van der Waals surface area (Å²) in [6, 6.07) is 14.5. The molecular formula is C20H20BrN5O2. The molecular weight excluding hydrogens is 422 g/mol. The molecule has 8 heteroatoms. The van der Waals surface area contributed by atoms with Gasteiger partial charge < -0.3 is 10.6 Å². The highest BCUT2D eigenvalue weighted by atomic mass is 79.9. The second-order valence-electron chi connectivity index (χ2n) is 6.59. The molecule has 0 aliphatic carbocycles. The van der Waals surface area contributed by atoms with Gasteiger partial charge in [-0.2, -0.15) is 0 Å². The lowest BCUT2D eigenvalue weighted by Gasteiger charge is -2.09. The van der Waals surface area contributed by atoms with Crippen LogP contribution in [-0.2, 0) is 4.79 Å². The first-order valence-corrected chi connectivity index (χ1v) is 9.55. The van der Waals surface area contributed by atoms with E-state index < -0.39 is 0 Å². The fourth-order valence-corrected chi connectivity index (χ4v) is 2.89. The van der Waals surface area contributed by atoms with E-state index in [9.17, 15) is 9.59 Å². The topological polar surface area (TPSA) is 88.9 Å². The van der Waals surface area contributed by atoms with Crippen LogP contribution in [0.4, 0.5) is 11.4 Å². The number of benzene rings is 2. The predicted molar refractivity (Wildman–Crippen MR) is 112 cm³/mol. The first kappa shape index (κ1) is 19.8. The highest BCUT2D eigenvalue weighted by molar-refractivity contribution is 9.10. The number of halogens is 1. The Morgan fingerprint density at radius 3 is 2.29 bits per heavy atom. The van der Waals surface area contributed by atoms with Gasteiger partial charge in [0.15, 0.2) is 5.69 Å². The van der Waals surface area contributed by atoms with Gasteiger partial charge in [0.1, 0.15) is 0 Å². The third kappa shape index (κ3) is 4.45. The average molecular weight is 442 g/mol. The van der Waals surface area contributed by atoms with Gasteiger partial charge >= 0.3 is 0 Å². The fraction of sp³-hybridized carbons (Fsp3) is 0.200. The summed E-state index contributed by atoms with van der Waals surface area (Å²) >= 11 is 3.43. The SMILES string of the molecule is Cc1c(C(=O)Nc2ccc(NC(=O)C(C)C)cc2)nnn1-c1cccc(Br)c1. The monoisotopic (exact) mass is 441 g/mol. The van der Waals surface area contributed by atoms with Gasteiger partial charge in [-0.1, -0.05) is 41.1 Å². The Balaban J connectivity index is 1.72. The highest BCUT2D eigenvalue weighted by Gasteiger charge is 2.17. The minimum atomic E-state index is -0.349. The molecule has 0 bridgehead atoms. The van der Waals surface area contributed by atoms with Crippen LogP contribution in [-0.4, -0.2) is 26.8 Å². The van der Waals surface area contributed by atoms with Crippen molar-refractivity contribution < 1.29 is 9.59 Å². The zero-order chi connectivity index (χ0) is 20.3. The highest BCUT2D eigenvalue weighted by Crippen LogP contribution is 2.19. The van der Waals surface area contributed by atoms with Crippen LogP contribution in [0.2, 0.25) is 0 Å². The Bertz CT molecular complexity index is 1010. The van der Waals surface area contributed by atoms with E-state index >= 15 is 0 Å². The van der Waals surface area contributed by atoms with E-state index in [0.717, 1.165) is 10.2 Å². The van der Waals surface area contributed by atoms with Crippen LogP contribution in [0, 0.1) is 12.8 Å². The van der Waals surface area contributed by atoms with Crippen molar-refractivity contribution in [1.82, 2.24) is 15.0 Å². The summed E-state index contributed by atoms with van der Waals surface area (Å²) in [4.78, 5) is 24.3. The Morgan fingerprint density at radius 2 is 1.68 bits per heavy atom. The molecule has 0 radical (unpaired) electrons. The molecule has 2 amide bonds. The second kappa shape index (κ2) is 8.35. The molecule has 3 rings (SSSR count). The summed E-state index contributed by atoms with van der Waals surface area (Å²) in [6.07, 6.45) is 0. The van der Waals surface area contributed by atoms with E-state index in [1.54, 1.807) is 35.9 Å². The average Bonchev–Trinajstić information content (AvgIpc) is 3.04. The molecule has 1 heterocycles. The van der Waals surface area contributed by atoms with Crippen molar-refractivity contribution in [3.05, 3.63) is 64.4 Å². The number of amides is 2. The normalized spacial score (nSPS) is 10.8. The quantitative estimate of drug-likeness (QED) is 0.621. The maximum atomic E-state index is 12.6. The van der Waals surface area contributed by atoms with E-state index in [1.165, 1.54) is 0 Å². The smallest absolute Gasteiger partial charge is 0.278 e. The number of nitrogens with zero attached hydrogens (tertiary/aromatic N) is 3. The van der Waals surface area contributed by atoms with Gasteiger partial charge in [-0.15, -0.1) is 5.10 Å². The second-order valence-corrected chi connectivity index (χ2v) is 7.51. The van der Waals surface area contributed by atoms with Crippen molar-refractivity contribution in [1.29, 1.82) is 0 Å². The lowest BCUT2D eigenvalue weighted by atomic mass is 10.2. The minimum absolute atomic E-state index is 0.0587. The number of hydrogen-bond donors (Lipinski definition) is 2. The van der Waals surface area contributed by atoms with Gasteiger partial charge in [0.25, 0.3) is 5.91 Å². The van der Waals surface area contributed by atoms with E-state index in [0.29, 0.717) is 17.1 Å². The van der Waals surface area contributed by atoms with Crippen LogP contribution in [0.25, 0.3) is 5.69 Å². The van der Waals surface area contributed by atoms with Crippen molar-refractivity contribution in [3.8, 4) is 5.69 Å². The summed E-state index contributed by atoms with van der Waals surface area (Å²) in [7, 11) is 0. The third-order valence-corrected chi connectivity index (χ3v) is 4.59. The lowest BCUT2D eigenvalue weighted by Crippen LogP contribution is -2.18. The van der Waals surface area contributed by atoms with Crippen LogP contribution >= 0.6 is 15.9 Å². The summed E-state index contributed by atoms with van der Waals surface area (Å²) < 4.78 is 2.53. The van der Waals surface area contributed by atoms with Crippen LogP contribution in [0.1, 0.15) is 30.0 Å².